The highest BCUT2D eigenvalue weighted by atomic mass is 127. The third-order valence-electron chi connectivity index (χ3n) is 4.45. The van der Waals surface area contributed by atoms with E-state index in [4.69, 9.17) is 4.74 Å². The van der Waals surface area contributed by atoms with E-state index in [0.29, 0.717) is 5.41 Å². The zero-order valence-electron chi connectivity index (χ0n) is 14.4. The Labute approximate surface area is 160 Å². The number of aryl methyl sites for hydroxylation is 1. The van der Waals surface area contributed by atoms with Gasteiger partial charge in [0.25, 0.3) is 0 Å². The minimum atomic E-state index is 0. The molecule has 5 nitrogen and oxygen atoms in total. The van der Waals surface area contributed by atoms with E-state index < -0.39 is 0 Å². The number of nitrogens with zero attached hydrogens (tertiary/aromatic N) is 2. The number of rotatable bonds is 8. The van der Waals surface area contributed by atoms with Gasteiger partial charge in [-0.05, 0) is 31.6 Å². The first-order valence-corrected chi connectivity index (χ1v) is 8.90. The first kappa shape index (κ1) is 20.6. The number of nitrogens with one attached hydrogen (secondary N) is 2. The fraction of sp³-hybridized carbons (Fsp3) is 0.750. The third kappa shape index (κ3) is 6.54. The number of guanidine groups is 1. The Hall–Kier alpha value is -0.410. The van der Waals surface area contributed by atoms with E-state index in [1.807, 2.05) is 14.0 Å². The van der Waals surface area contributed by atoms with E-state index in [0.717, 1.165) is 49.2 Å². The maximum atomic E-state index is 5.24. The van der Waals surface area contributed by atoms with Crippen molar-refractivity contribution in [3.05, 3.63) is 16.1 Å². The Bertz CT molecular complexity index is 488. The van der Waals surface area contributed by atoms with E-state index in [1.54, 1.807) is 18.4 Å². The highest BCUT2D eigenvalue weighted by Crippen LogP contribution is 2.43. The zero-order valence-corrected chi connectivity index (χ0v) is 17.5. The number of aliphatic imine (C=N–C) groups is 1. The Morgan fingerprint density at radius 1 is 1.43 bits per heavy atom. The van der Waals surface area contributed by atoms with Crippen LogP contribution in [-0.2, 0) is 11.2 Å². The predicted molar refractivity (Wildman–Crippen MR) is 108 cm³/mol. The van der Waals surface area contributed by atoms with Crippen molar-refractivity contribution in [3.63, 3.8) is 0 Å². The largest absolute Gasteiger partial charge is 0.385 e. The van der Waals surface area contributed by atoms with Crippen LogP contribution in [0.2, 0.25) is 0 Å². The van der Waals surface area contributed by atoms with Crippen molar-refractivity contribution in [2.24, 2.45) is 10.4 Å². The van der Waals surface area contributed by atoms with Crippen LogP contribution >= 0.6 is 35.3 Å². The van der Waals surface area contributed by atoms with Crippen LogP contribution in [0.5, 0.6) is 0 Å². The normalized spacial score (nSPS) is 16.4. The molecule has 0 spiro atoms. The molecule has 0 bridgehead atoms. The summed E-state index contributed by atoms with van der Waals surface area (Å²) in [6.45, 7) is 4.72. The molecule has 23 heavy (non-hydrogen) atoms. The first-order valence-electron chi connectivity index (χ1n) is 8.02. The van der Waals surface area contributed by atoms with E-state index >= 15 is 0 Å². The summed E-state index contributed by atoms with van der Waals surface area (Å²) in [5, 5.41) is 10.1. The maximum absolute atomic E-state index is 5.24. The smallest absolute Gasteiger partial charge is 0.191 e. The lowest BCUT2D eigenvalue weighted by atomic mass is 9.67. The quantitative estimate of drug-likeness (QED) is 0.362. The van der Waals surface area contributed by atoms with Gasteiger partial charge in [-0.25, -0.2) is 4.98 Å². The lowest BCUT2D eigenvalue weighted by molar-refractivity contribution is 0.0732. The van der Waals surface area contributed by atoms with Gasteiger partial charge >= 0.3 is 0 Å². The predicted octanol–water partition coefficient (Wildman–Crippen LogP) is 2.98. The van der Waals surface area contributed by atoms with Crippen molar-refractivity contribution in [2.75, 3.05) is 33.9 Å². The number of methoxy groups -OCH3 is 1. The molecular formula is C16H29IN4OS. The molecule has 132 valence electrons. The fourth-order valence-corrected chi connectivity index (χ4v) is 3.48. The fourth-order valence-electron chi connectivity index (χ4n) is 2.83. The van der Waals surface area contributed by atoms with Crippen molar-refractivity contribution in [1.82, 2.24) is 15.6 Å². The Morgan fingerprint density at radius 3 is 2.74 bits per heavy atom. The molecule has 2 N–H and O–H groups in total. The van der Waals surface area contributed by atoms with Crippen LogP contribution in [0.3, 0.4) is 0 Å². The molecule has 1 saturated carbocycles. The average Bonchev–Trinajstić information content (AvgIpc) is 2.89. The SMILES string of the molecule is CN=C(NCCc1csc(C)n1)NCC1(CCOC)CCC1.I. The molecule has 7 heteroatoms. The molecule has 0 amide bonds. The summed E-state index contributed by atoms with van der Waals surface area (Å²) in [5.41, 5.74) is 1.56. The molecule has 1 aromatic heterocycles. The number of ether oxygens (including phenoxy) is 1. The van der Waals surface area contributed by atoms with Crippen LogP contribution in [0.4, 0.5) is 0 Å². The highest BCUT2D eigenvalue weighted by Gasteiger charge is 2.36. The molecule has 0 unspecified atom stereocenters. The van der Waals surface area contributed by atoms with Gasteiger partial charge < -0.3 is 15.4 Å². The molecule has 0 aliphatic heterocycles. The average molecular weight is 452 g/mol. The van der Waals surface area contributed by atoms with Crippen LogP contribution in [-0.4, -0.2) is 44.8 Å². The van der Waals surface area contributed by atoms with Gasteiger partial charge in [0.1, 0.15) is 0 Å². The first-order chi connectivity index (χ1) is 10.7. The number of thiazole rings is 1. The summed E-state index contributed by atoms with van der Waals surface area (Å²) in [5.74, 6) is 0.885. The lowest BCUT2D eigenvalue weighted by Crippen LogP contribution is -2.47. The second-order valence-corrected chi connectivity index (χ2v) is 7.12. The topological polar surface area (TPSA) is 58.5 Å². The molecule has 0 aromatic carbocycles. The van der Waals surface area contributed by atoms with Gasteiger partial charge in [-0.3, -0.25) is 4.99 Å². The molecule has 1 aliphatic carbocycles. The van der Waals surface area contributed by atoms with E-state index in [-0.39, 0.29) is 24.0 Å². The monoisotopic (exact) mass is 452 g/mol. The zero-order chi connectivity index (χ0) is 15.8. The van der Waals surface area contributed by atoms with Crippen molar-refractivity contribution in [3.8, 4) is 0 Å². The molecule has 0 saturated heterocycles. The number of hydrogen-bond acceptors (Lipinski definition) is 4. The van der Waals surface area contributed by atoms with Crippen LogP contribution < -0.4 is 10.6 Å². The number of halogens is 1. The molecule has 0 atom stereocenters. The third-order valence-corrected chi connectivity index (χ3v) is 5.27. The van der Waals surface area contributed by atoms with Crippen molar-refractivity contribution in [1.29, 1.82) is 0 Å². The Balaban J connectivity index is 0.00000264. The molecule has 1 aliphatic rings. The summed E-state index contributed by atoms with van der Waals surface area (Å²) >= 11 is 1.70. The van der Waals surface area contributed by atoms with Gasteiger partial charge in [-0.1, -0.05) is 6.42 Å². The minimum Gasteiger partial charge on any atom is -0.385 e. The van der Waals surface area contributed by atoms with Crippen molar-refractivity contribution in [2.45, 2.75) is 39.0 Å². The summed E-state index contributed by atoms with van der Waals surface area (Å²) < 4.78 is 5.24. The second-order valence-electron chi connectivity index (χ2n) is 6.06. The highest BCUT2D eigenvalue weighted by molar-refractivity contribution is 14.0. The summed E-state index contributed by atoms with van der Waals surface area (Å²) in [6, 6.07) is 0. The van der Waals surface area contributed by atoms with E-state index in [2.05, 4.69) is 26.0 Å². The summed E-state index contributed by atoms with van der Waals surface area (Å²) in [6.07, 6.45) is 5.98. The number of aromatic nitrogens is 1. The van der Waals surface area contributed by atoms with Gasteiger partial charge in [0.05, 0.1) is 10.7 Å². The molecule has 0 radical (unpaired) electrons. The molecule has 1 heterocycles. The standard InChI is InChI=1S/C16H28N4OS.HI/c1-13-20-14(11-22-13)5-9-18-15(17-2)19-12-16(6-4-7-16)8-10-21-3;/h11H,4-10,12H2,1-3H3,(H2,17,18,19);1H. The Kier molecular flexibility index (Phi) is 9.38. The van der Waals surface area contributed by atoms with Crippen molar-refractivity contribution >= 4 is 41.3 Å². The van der Waals surface area contributed by atoms with Crippen LogP contribution in [0.25, 0.3) is 0 Å². The van der Waals surface area contributed by atoms with E-state index in [1.165, 1.54) is 19.3 Å². The van der Waals surface area contributed by atoms with Crippen LogP contribution in [0.15, 0.2) is 10.4 Å². The van der Waals surface area contributed by atoms with Gasteiger partial charge in [0, 0.05) is 45.7 Å². The molecular weight excluding hydrogens is 423 g/mol. The van der Waals surface area contributed by atoms with E-state index in [9.17, 15) is 0 Å². The van der Waals surface area contributed by atoms with Gasteiger partial charge in [-0.15, -0.1) is 35.3 Å². The summed E-state index contributed by atoms with van der Waals surface area (Å²) in [7, 11) is 3.60. The lowest BCUT2D eigenvalue weighted by Gasteiger charge is -2.42. The molecule has 1 fully saturated rings. The van der Waals surface area contributed by atoms with Gasteiger partial charge in [-0.2, -0.15) is 0 Å². The van der Waals surface area contributed by atoms with Gasteiger partial charge in [0.2, 0.25) is 0 Å². The van der Waals surface area contributed by atoms with Gasteiger partial charge in [0.15, 0.2) is 5.96 Å². The molecule has 1 aromatic rings. The minimum absolute atomic E-state index is 0. The molecule has 2 rings (SSSR count). The Morgan fingerprint density at radius 2 is 2.22 bits per heavy atom. The van der Waals surface area contributed by atoms with Crippen LogP contribution in [0, 0.1) is 12.3 Å². The van der Waals surface area contributed by atoms with Crippen LogP contribution in [0.1, 0.15) is 36.4 Å². The second kappa shape index (κ2) is 10.5. The number of hydrogen-bond donors (Lipinski definition) is 2. The van der Waals surface area contributed by atoms with Crippen molar-refractivity contribution < 1.29 is 4.74 Å². The summed E-state index contributed by atoms with van der Waals surface area (Å²) in [4.78, 5) is 8.79. The maximum Gasteiger partial charge on any atom is 0.191 e.